The minimum atomic E-state index is -0.327. The number of carbonyl (C=O) groups is 2. The lowest BCUT2D eigenvalue weighted by atomic mass is 10.1. The number of amides is 3. The van der Waals surface area contributed by atoms with Gasteiger partial charge in [0.25, 0.3) is 5.91 Å². The summed E-state index contributed by atoms with van der Waals surface area (Å²) in [6.07, 6.45) is 0. The molecule has 2 aromatic rings. The predicted octanol–water partition coefficient (Wildman–Crippen LogP) is 3.71. The zero-order chi connectivity index (χ0) is 19.8. The summed E-state index contributed by atoms with van der Waals surface area (Å²) < 4.78 is 5.65. The van der Waals surface area contributed by atoms with Crippen LogP contribution >= 0.6 is 0 Å². The molecule has 6 nitrogen and oxygen atoms in total. The summed E-state index contributed by atoms with van der Waals surface area (Å²) in [5, 5.41) is 8.20. The van der Waals surface area contributed by atoms with Crippen LogP contribution in [0.2, 0.25) is 0 Å². The Hall–Kier alpha value is -3.02. The topological polar surface area (TPSA) is 79.5 Å². The molecule has 0 aliphatic heterocycles. The van der Waals surface area contributed by atoms with Gasteiger partial charge in [0, 0.05) is 24.8 Å². The standard InChI is InChI=1S/C21H27N3O3/c1-14(2)13-27-17-10-8-16(9-11-17)12-23-21(26)24-19-7-5-6-18(15(19)3)20(25)22-4/h5-11,14H,12-13H2,1-4H3,(H,22,25)(H2,23,24,26). The van der Waals surface area contributed by atoms with Crippen LogP contribution in [-0.4, -0.2) is 25.6 Å². The molecule has 2 rings (SSSR count). The van der Waals surface area contributed by atoms with Crippen molar-refractivity contribution in [1.82, 2.24) is 10.6 Å². The lowest BCUT2D eigenvalue weighted by Gasteiger charge is -2.13. The van der Waals surface area contributed by atoms with Gasteiger partial charge in [-0.05, 0) is 48.2 Å². The molecule has 0 bridgehead atoms. The van der Waals surface area contributed by atoms with Crippen LogP contribution in [0.5, 0.6) is 5.75 Å². The lowest BCUT2D eigenvalue weighted by molar-refractivity contribution is 0.0962. The third kappa shape index (κ3) is 6.02. The van der Waals surface area contributed by atoms with Crippen LogP contribution < -0.4 is 20.7 Å². The van der Waals surface area contributed by atoms with Gasteiger partial charge in [-0.15, -0.1) is 0 Å². The highest BCUT2D eigenvalue weighted by Gasteiger charge is 2.11. The molecule has 27 heavy (non-hydrogen) atoms. The second kappa shape index (κ2) is 9.62. The van der Waals surface area contributed by atoms with Crippen molar-refractivity contribution in [1.29, 1.82) is 0 Å². The minimum Gasteiger partial charge on any atom is -0.493 e. The van der Waals surface area contributed by atoms with Gasteiger partial charge in [0.1, 0.15) is 5.75 Å². The summed E-state index contributed by atoms with van der Waals surface area (Å²) >= 11 is 0. The molecule has 0 radical (unpaired) electrons. The fourth-order valence-electron chi connectivity index (χ4n) is 2.47. The van der Waals surface area contributed by atoms with Gasteiger partial charge in [-0.2, -0.15) is 0 Å². The van der Waals surface area contributed by atoms with Crippen LogP contribution in [0.25, 0.3) is 0 Å². The van der Waals surface area contributed by atoms with Crippen molar-refractivity contribution in [2.75, 3.05) is 19.0 Å². The molecule has 0 unspecified atom stereocenters. The van der Waals surface area contributed by atoms with Crippen LogP contribution in [0.3, 0.4) is 0 Å². The highest BCUT2D eigenvalue weighted by molar-refractivity contribution is 5.98. The molecular weight excluding hydrogens is 342 g/mol. The van der Waals surface area contributed by atoms with Gasteiger partial charge in [-0.1, -0.05) is 32.0 Å². The second-order valence-electron chi connectivity index (χ2n) is 6.71. The fourth-order valence-corrected chi connectivity index (χ4v) is 2.47. The van der Waals surface area contributed by atoms with E-state index in [0.29, 0.717) is 30.3 Å². The fraction of sp³-hybridized carbons (Fsp3) is 0.333. The first-order chi connectivity index (χ1) is 12.9. The van der Waals surface area contributed by atoms with Crippen molar-refractivity contribution < 1.29 is 14.3 Å². The summed E-state index contributed by atoms with van der Waals surface area (Å²) in [6, 6.07) is 12.5. The van der Waals surface area contributed by atoms with E-state index in [2.05, 4.69) is 29.8 Å². The van der Waals surface area contributed by atoms with E-state index in [-0.39, 0.29) is 11.9 Å². The van der Waals surface area contributed by atoms with Gasteiger partial charge in [0.15, 0.2) is 0 Å². The van der Waals surface area contributed by atoms with E-state index in [1.807, 2.05) is 24.3 Å². The van der Waals surface area contributed by atoms with Crippen molar-refractivity contribution in [2.24, 2.45) is 5.92 Å². The Morgan fingerprint density at radius 3 is 2.41 bits per heavy atom. The summed E-state index contributed by atoms with van der Waals surface area (Å²) in [5.74, 6) is 1.11. The molecule has 0 spiro atoms. The van der Waals surface area contributed by atoms with E-state index in [1.165, 1.54) is 0 Å². The number of ether oxygens (including phenoxy) is 1. The summed E-state index contributed by atoms with van der Waals surface area (Å²) in [5.41, 5.74) is 2.83. The summed E-state index contributed by atoms with van der Waals surface area (Å²) in [7, 11) is 1.58. The molecule has 3 amide bonds. The Morgan fingerprint density at radius 2 is 1.78 bits per heavy atom. The smallest absolute Gasteiger partial charge is 0.319 e. The van der Waals surface area contributed by atoms with E-state index in [4.69, 9.17) is 4.74 Å². The molecule has 0 aliphatic rings. The summed E-state index contributed by atoms with van der Waals surface area (Å²) in [4.78, 5) is 24.0. The predicted molar refractivity (Wildman–Crippen MR) is 107 cm³/mol. The maximum Gasteiger partial charge on any atom is 0.319 e. The van der Waals surface area contributed by atoms with E-state index in [9.17, 15) is 9.59 Å². The number of nitrogens with one attached hydrogen (secondary N) is 3. The van der Waals surface area contributed by atoms with Gasteiger partial charge in [-0.3, -0.25) is 4.79 Å². The van der Waals surface area contributed by atoms with E-state index < -0.39 is 0 Å². The number of rotatable bonds is 7. The van der Waals surface area contributed by atoms with Gasteiger partial charge in [-0.25, -0.2) is 4.79 Å². The molecule has 144 valence electrons. The average Bonchev–Trinajstić information content (AvgIpc) is 2.66. The monoisotopic (exact) mass is 369 g/mol. The average molecular weight is 369 g/mol. The zero-order valence-corrected chi connectivity index (χ0v) is 16.3. The third-order valence-corrected chi connectivity index (χ3v) is 4.01. The molecule has 0 fully saturated rings. The lowest BCUT2D eigenvalue weighted by Crippen LogP contribution is -2.29. The third-order valence-electron chi connectivity index (χ3n) is 4.01. The molecule has 0 heterocycles. The largest absolute Gasteiger partial charge is 0.493 e. The van der Waals surface area contributed by atoms with Crippen molar-refractivity contribution >= 4 is 17.6 Å². The van der Waals surface area contributed by atoms with Crippen LogP contribution in [-0.2, 0) is 6.54 Å². The van der Waals surface area contributed by atoms with E-state index in [1.54, 1.807) is 32.2 Å². The highest BCUT2D eigenvalue weighted by Crippen LogP contribution is 2.19. The number of benzene rings is 2. The van der Waals surface area contributed by atoms with Crippen LogP contribution in [0.15, 0.2) is 42.5 Å². The number of anilines is 1. The second-order valence-corrected chi connectivity index (χ2v) is 6.71. The molecule has 2 aromatic carbocycles. The first-order valence-electron chi connectivity index (χ1n) is 8.99. The van der Waals surface area contributed by atoms with Gasteiger partial charge < -0.3 is 20.7 Å². The Balaban J connectivity index is 1.90. The van der Waals surface area contributed by atoms with Gasteiger partial charge in [0.2, 0.25) is 0 Å². The first-order valence-corrected chi connectivity index (χ1v) is 8.99. The number of hydrogen-bond donors (Lipinski definition) is 3. The molecule has 0 aliphatic carbocycles. The Morgan fingerprint density at radius 1 is 1.07 bits per heavy atom. The number of hydrogen-bond acceptors (Lipinski definition) is 3. The Kier molecular flexibility index (Phi) is 7.23. The maximum absolute atomic E-state index is 12.2. The quantitative estimate of drug-likeness (QED) is 0.696. The van der Waals surface area contributed by atoms with Crippen molar-refractivity contribution in [3.8, 4) is 5.75 Å². The molecule has 3 N–H and O–H groups in total. The van der Waals surface area contributed by atoms with Crippen molar-refractivity contribution in [3.05, 3.63) is 59.2 Å². The van der Waals surface area contributed by atoms with Crippen molar-refractivity contribution in [2.45, 2.75) is 27.3 Å². The van der Waals surface area contributed by atoms with E-state index >= 15 is 0 Å². The number of carbonyl (C=O) groups excluding carboxylic acids is 2. The highest BCUT2D eigenvalue weighted by atomic mass is 16.5. The van der Waals surface area contributed by atoms with Crippen LogP contribution in [0, 0.1) is 12.8 Å². The molecule has 0 saturated carbocycles. The van der Waals surface area contributed by atoms with Gasteiger partial charge >= 0.3 is 6.03 Å². The van der Waals surface area contributed by atoms with Gasteiger partial charge in [0.05, 0.1) is 6.61 Å². The first kappa shape index (κ1) is 20.3. The number of urea groups is 1. The molecule has 0 atom stereocenters. The maximum atomic E-state index is 12.2. The Labute approximate surface area is 160 Å². The molecule has 6 heteroatoms. The Bertz CT molecular complexity index is 786. The van der Waals surface area contributed by atoms with Crippen LogP contribution in [0.1, 0.15) is 35.3 Å². The molecular formula is C21H27N3O3. The van der Waals surface area contributed by atoms with Crippen molar-refractivity contribution in [3.63, 3.8) is 0 Å². The normalized spacial score (nSPS) is 10.4. The minimum absolute atomic E-state index is 0.184. The van der Waals surface area contributed by atoms with Crippen LogP contribution in [0.4, 0.5) is 10.5 Å². The SMILES string of the molecule is CNC(=O)c1cccc(NC(=O)NCc2ccc(OCC(C)C)cc2)c1C. The zero-order valence-electron chi connectivity index (χ0n) is 16.3. The molecule has 0 saturated heterocycles. The van der Waals surface area contributed by atoms with E-state index in [0.717, 1.165) is 16.9 Å². The molecule has 0 aromatic heterocycles. The summed E-state index contributed by atoms with van der Waals surface area (Å²) in [6.45, 7) is 7.07.